The first-order valence-electron chi connectivity index (χ1n) is 5.40. The van der Waals surface area contributed by atoms with Gasteiger partial charge < -0.3 is 5.32 Å². The van der Waals surface area contributed by atoms with Crippen molar-refractivity contribution in [3.05, 3.63) is 53.0 Å². The smallest absolute Gasteiger partial charge is 0.207 e. The Hall–Kier alpha value is -1.48. The molecule has 1 N–H and O–H groups in total. The maximum absolute atomic E-state index is 10.2. The molecule has 0 aliphatic carbocycles. The summed E-state index contributed by atoms with van der Waals surface area (Å²) in [6.45, 7) is 8.50. The van der Waals surface area contributed by atoms with Gasteiger partial charge in [-0.15, -0.1) is 0 Å². The van der Waals surface area contributed by atoms with Crippen LogP contribution in [0.5, 0.6) is 0 Å². The molecule has 0 aliphatic rings. The second kappa shape index (κ2) is 6.97. The largest absolute Gasteiger partial charge is 0.355 e. The van der Waals surface area contributed by atoms with Gasteiger partial charge in [0.05, 0.1) is 0 Å². The highest BCUT2D eigenvalue weighted by molar-refractivity contribution is 8.10. The van der Waals surface area contributed by atoms with Crippen molar-refractivity contribution in [3.8, 4) is 0 Å². The fourth-order valence-electron chi connectivity index (χ4n) is 1.49. The van der Waals surface area contributed by atoms with Crippen molar-refractivity contribution in [2.24, 2.45) is 0 Å². The van der Waals surface area contributed by atoms with E-state index in [9.17, 15) is 4.79 Å². The minimum atomic E-state index is 0.572. The molecule has 0 aromatic heterocycles. The minimum Gasteiger partial charge on any atom is -0.355 e. The number of allylic oxidation sites excluding steroid dienone is 1. The summed E-state index contributed by atoms with van der Waals surface area (Å²) in [6, 6.07) is 8.19. The number of nitrogens with one attached hydrogen (secondary N) is 1. The average molecular weight is 247 g/mol. The summed E-state index contributed by atoms with van der Waals surface area (Å²) in [4.78, 5) is 11.4. The van der Waals surface area contributed by atoms with E-state index in [0.29, 0.717) is 13.0 Å². The molecule has 3 heteroatoms. The number of rotatable bonds is 6. The lowest BCUT2D eigenvalue weighted by molar-refractivity contribution is -0.109. The topological polar surface area (TPSA) is 29.1 Å². The molecule has 0 atom stereocenters. The zero-order valence-electron chi connectivity index (χ0n) is 10.2. The van der Waals surface area contributed by atoms with Crippen LogP contribution in [0.1, 0.15) is 25.0 Å². The summed E-state index contributed by atoms with van der Waals surface area (Å²) in [5, 5.41) is 4.48. The number of carbonyl (C=O) groups is 1. The van der Waals surface area contributed by atoms with Gasteiger partial charge in [-0.1, -0.05) is 48.2 Å². The quantitative estimate of drug-likeness (QED) is 0.779. The van der Waals surface area contributed by atoms with E-state index in [2.05, 4.69) is 37.9 Å². The van der Waals surface area contributed by atoms with Gasteiger partial charge in [0.25, 0.3) is 0 Å². The van der Waals surface area contributed by atoms with Gasteiger partial charge in [-0.2, -0.15) is 0 Å². The van der Waals surface area contributed by atoms with E-state index in [4.69, 9.17) is 0 Å². The Kier molecular flexibility index (Phi) is 5.57. The number of hydrogen-bond donors (Lipinski definition) is 1. The zero-order chi connectivity index (χ0) is 12.7. The molecule has 0 fully saturated rings. The maximum atomic E-state index is 10.2. The maximum Gasteiger partial charge on any atom is 0.207 e. The molecule has 0 heterocycles. The number of carbonyl (C=O) groups excluding carboxylic acids is 1. The van der Waals surface area contributed by atoms with E-state index in [-0.39, 0.29) is 0 Å². The molecule has 0 saturated heterocycles. The second-order valence-corrected chi connectivity index (χ2v) is 4.79. The Morgan fingerprint density at radius 2 is 2.00 bits per heavy atom. The molecule has 1 amide bonds. The Labute approximate surface area is 107 Å². The highest BCUT2D eigenvalue weighted by Crippen LogP contribution is 2.31. The lowest BCUT2D eigenvalue weighted by Gasteiger charge is -2.08. The SMILES string of the molecule is C=CSC(=C(C)C)c1ccc(CNC=O)cc1. The van der Waals surface area contributed by atoms with Crippen LogP contribution in [-0.2, 0) is 11.3 Å². The first-order chi connectivity index (χ1) is 8.19. The molecular formula is C14H17NOS. The van der Waals surface area contributed by atoms with Crippen LogP contribution in [0, 0.1) is 0 Å². The molecule has 0 unspecified atom stereocenters. The summed E-state index contributed by atoms with van der Waals surface area (Å²) in [7, 11) is 0. The third-order valence-electron chi connectivity index (χ3n) is 2.26. The lowest BCUT2D eigenvalue weighted by Crippen LogP contribution is -2.09. The molecular weight excluding hydrogens is 230 g/mol. The molecule has 17 heavy (non-hydrogen) atoms. The van der Waals surface area contributed by atoms with Gasteiger partial charge in [0, 0.05) is 11.4 Å². The molecule has 0 spiro atoms. The normalized spacial score (nSPS) is 9.53. The number of amides is 1. The predicted molar refractivity (Wildman–Crippen MR) is 75.4 cm³/mol. The molecule has 2 nitrogen and oxygen atoms in total. The van der Waals surface area contributed by atoms with E-state index in [1.807, 2.05) is 17.5 Å². The van der Waals surface area contributed by atoms with Crippen molar-refractivity contribution < 1.29 is 4.79 Å². The minimum absolute atomic E-state index is 0.572. The van der Waals surface area contributed by atoms with Gasteiger partial charge >= 0.3 is 0 Å². The molecule has 90 valence electrons. The van der Waals surface area contributed by atoms with Crippen LogP contribution in [-0.4, -0.2) is 6.41 Å². The third kappa shape index (κ3) is 4.11. The van der Waals surface area contributed by atoms with Crippen LogP contribution in [0.15, 0.2) is 41.8 Å². The number of hydrogen-bond acceptors (Lipinski definition) is 2. The fraction of sp³-hybridized carbons (Fsp3) is 0.214. The first-order valence-corrected chi connectivity index (χ1v) is 6.28. The van der Waals surface area contributed by atoms with Gasteiger partial charge in [-0.05, 0) is 30.4 Å². The molecule has 0 aliphatic heterocycles. The standard InChI is InChI=1S/C14H17NOS/c1-4-17-14(11(2)3)13-7-5-12(6-8-13)9-15-10-16/h4-8,10H,1,9H2,2-3H3,(H,15,16). The number of benzene rings is 1. The Bertz CT molecular complexity index is 416. The fourth-order valence-corrected chi connectivity index (χ4v) is 2.17. The van der Waals surface area contributed by atoms with Crippen molar-refractivity contribution in [1.82, 2.24) is 5.32 Å². The van der Waals surface area contributed by atoms with Crippen LogP contribution in [0.3, 0.4) is 0 Å². The van der Waals surface area contributed by atoms with Gasteiger partial charge in [0.2, 0.25) is 6.41 Å². The van der Waals surface area contributed by atoms with E-state index in [1.165, 1.54) is 16.0 Å². The van der Waals surface area contributed by atoms with Crippen molar-refractivity contribution in [2.75, 3.05) is 0 Å². The lowest BCUT2D eigenvalue weighted by atomic mass is 10.1. The van der Waals surface area contributed by atoms with E-state index >= 15 is 0 Å². The van der Waals surface area contributed by atoms with Gasteiger partial charge in [-0.25, -0.2) is 0 Å². The van der Waals surface area contributed by atoms with E-state index in [0.717, 1.165) is 5.56 Å². The van der Waals surface area contributed by atoms with Crippen molar-refractivity contribution >= 4 is 23.1 Å². The Morgan fingerprint density at radius 1 is 1.35 bits per heavy atom. The van der Waals surface area contributed by atoms with E-state index in [1.54, 1.807) is 11.8 Å². The van der Waals surface area contributed by atoms with Crippen LogP contribution in [0.4, 0.5) is 0 Å². The summed E-state index contributed by atoms with van der Waals surface area (Å²) < 4.78 is 0. The van der Waals surface area contributed by atoms with Crippen molar-refractivity contribution in [3.63, 3.8) is 0 Å². The van der Waals surface area contributed by atoms with Crippen LogP contribution >= 0.6 is 11.8 Å². The Balaban J connectivity index is 2.88. The molecule has 0 saturated carbocycles. The number of thioether (sulfide) groups is 1. The third-order valence-corrected chi connectivity index (χ3v) is 3.31. The Morgan fingerprint density at radius 3 is 2.47 bits per heavy atom. The summed E-state index contributed by atoms with van der Waals surface area (Å²) in [5.74, 6) is 0. The van der Waals surface area contributed by atoms with Crippen molar-refractivity contribution in [2.45, 2.75) is 20.4 Å². The average Bonchev–Trinajstić information content (AvgIpc) is 2.34. The van der Waals surface area contributed by atoms with Gasteiger partial charge in [0.1, 0.15) is 0 Å². The molecule has 1 aromatic rings. The highest BCUT2D eigenvalue weighted by atomic mass is 32.2. The summed E-state index contributed by atoms with van der Waals surface area (Å²) in [5.41, 5.74) is 3.55. The molecule has 1 rings (SSSR count). The van der Waals surface area contributed by atoms with E-state index < -0.39 is 0 Å². The predicted octanol–water partition coefficient (Wildman–Crippen LogP) is 3.56. The van der Waals surface area contributed by atoms with Crippen molar-refractivity contribution in [1.29, 1.82) is 0 Å². The van der Waals surface area contributed by atoms with Crippen LogP contribution < -0.4 is 5.32 Å². The molecule has 0 radical (unpaired) electrons. The second-order valence-electron chi connectivity index (χ2n) is 3.81. The van der Waals surface area contributed by atoms with Crippen LogP contribution in [0.25, 0.3) is 4.91 Å². The van der Waals surface area contributed by atoms with Gasteiger partial charge in [-0.3, -0.25) is 4.79 Å². The highest BCUT2D eigenvalue weighted by Gasteiger charge is 2.02. The summed E-state index contributed by atoms with van der Waals surface area (Å²) in [6.07, 6.45) is 0.711. The monoisotopic (exact) mass is 247 g/mol. The zero-order valence-corrected chi connectivity index (χ0v) is 11.0. The van der Waals surface area contributed by atoms with Gasteiger partial charge in [0.15, 0.2) is 0 Å². The van der Waals surface area contributed by atoms with Crippen LogP contribution in [0.2, 0.25) is 0 Å². The molecule has 0 bridgehead atoms. The molecule has 1 aromatic carbocycles. The first kappa shape index (κ1) is 13.6. The summed E-state index contributed by atoms with van der Waals surface area (Å²) >= 11 is 1.63.